The molecule has 3 saturated heterocycles. The predicted molar refractivity (Wildman–Crippen MR) is 147 cm³/mol. The second-order valence-corrected chi connectivity index (χ2v) is 11.5. The van der Waals surface area contributed by atoms with Crippen molar-refractivity contribution in [2.24, 2.45) is 0 Å². The number of thiol groups is 1. The maximum atomic E-state index is 11.1. The molecule has 0 amide bonds. The first-order valence-electron chi connectivity index (χ1n) is 14.7. The lowest BCUT2D eigenvalue weighted by atomic mass is 9.96. The Labute approximate surface area is 255 Å². The summed E-state index contributed by atoms with van der Waals surface area (Å²) < 4.78 is 33.4. The monoisotopic (exact) mass is 648 g/mol. The van der Waals surface area contributed by atoms with Gasteiger partial charge >= 0.3 is 0 Å². The number of aliphatic hydroxyl groups is 10. The second-order valence-electron chi connectivity index (χ2n) is 11.1. The molecule has 0 unspecified atom stereocenters. The second kappa shape index (κ2) is 18.2. The molecular weight excluding hydrogens is 600 g/mol. The molecule has 0 aromatic heterocycles. The van der Waals surface area contributed by atoms with Crippen LogP contribution in [-0.2, 0) is 28.4 Å². The Morgan fingerprint density at radius 1 is 0.488 bits per heavy atom. The maximum Gasteiger partial charge on any atom is 0.187 e. The van der Waals surface area contributed by atoms with Crippen molar-refractivity contribution in [2.45, 2.75) is 131 Å². The third-order valence-electron chi connectivity index (χ3n) is 7.89. The minimum atomic E-state index is -1.81. The van der Waals surface area contributed by atoms with Gasteiger partial charge in [0.1, 0.15) is 73.2 Å². The Balaban J connectivity index is 1.68. The van der Waals surface area contributed by atoms with Crippen LogP contribution in [0.25, 0.3) is 0 Å². The van der Waals surface area contributed by atoms with Gasteiger partial charge in [0.25, 0.3) is 0 Å². The van der Waals surface area contributed by atoms with E-state index >= 15 is 0 Å². The van der Waals surface area contributed by atoms with E-state index in [2.05, 4.69) is 12.6 Å². The van der Waals surface area contributed by atoms with Crippen LogP contribution in [0.2, 0.25) is 0 Å². The first-order chi connectivity index (χ1) is 20.5. The fraction of sp³-hybridized carbons (Fsp3) is 1.00. The van der Waals surface area contributed by atoms with Crippen molar-refractivity contribution >= 4 is 12.6 Å². The summed E-state index contributed by atoms with van der Waals surface area (Å²) in [6.45, 7) is -1.74. The highest BCUT2D eigenvalue weighted by Gasteiger charge is 2.52. The fourth-order valence-electron chi connectivity index (χ4n) is 5.19. The van der Waals surface area contributed by atoms with Gasteiger partial charge in [0.2, 0.25) is 0 Å². The van der Waals surface area contributed by atoms with Crippen molar-refractivity contribution in [3.63, 3.8) is 0 Å². The van der Waals surface area contributed by atoms with Crippen LogP contribution < -0.4 is 0 Å². The van der Waals surface area contributed by atoms with Gasteiger partial charge in [-0.25, -0.2) is 0 Å². The van der Waals surface area contributed by atoms with Crippen molar-refractivity contribution < 1.29 is 79.5 Å². The van der Waals surface area contributed by atoms with E-state index in [4.69, 9.17) is 28.4 Å². The Morgan fingerprint density at radius 2 is 0.977 bits per heavy atom. The molecule has 43 heavy (non-hydrogen) atoms. The molecule has 3 aliphatic rings. The molecule has 10 N–H and O–H groups in total. The van der Waals surface area contributed by atoms with Crippen molar-refractivity contribution in [3.8, 4) is 0 Å². The standard InChI is InChI=1S/C26H48O16S/c27-9-12-15(29)18(32)20(34)24(39-12)38-11-14-17(31)23(42-26-21(35)19(33)16(30)13(10-28)40-26)22(36)25(41-14)37-7-5-3-1-2-4-6-8-43/h12-36,43H,1-11H2/t12-,13-,14-,15-,16-,17-,18+,19+,20+,21+,22+,23+,24+,25+,26-/m1/s1. The van der Waals surface area contributed by atoms with Crippen molar-refractivity contribution in [1.82, 2.24) is 0 Å². The SMILES string of the molecule is OC[C@H]1O[C@H](OC[C@H]2O[C@H](OCCCCCCCCS)[C@@H](O)[C@@H](O[C@H]3O[C@H](CO)[C@@H](O)[C@H](O)[C@@H]3O)[C@@H]2O)[C@@H](O)[C@@H](O)[C@@H]1O. The van der Waals surface area contributed by atoms with Gasteiger partial charge in [-0.3, -0.25) is 0 Å². The number of rotatable bonds is 16. The van der Waals surface area contributed by atoms with Gasteiger partial charge in [-0.2, -0.15) is 12.6 Å². The Morgan fingerprint density at radius 3 is 1.56 bits per heavy atom. The van der Waals surface area contributed by atoms with E-state index in [-0.39, 0.29) is 6.61 Å². The first-order valence-corrected chi connectivity index (χ1v) is 15.3. The van der Waals surface area contributed by atoms with Gasteiger partial charge in [-0.1, -0.05) is 25.7 Å². The molecule has 17 heteroatoms. The summed E-state index contributed by atoms with van der Waals surface area (Å²) in [5, 5.41) is 102. The first kappa shape index (κ1) is 37.2. The molecule has 15 atom stereocenters. The van der Waals surface area contributed by atoms with Gasteiger partial charge < -0.3 is 79.5 Å². The minimum Gasteiger partial charge on any atom is -0.394 e. The molecule has 0 bridgehead atoms. The van der Waals surface area contributed by atoms with Crippen LogP contribution in [-0.4, -0.2) is 175 Å². The summed E-state index contributed by atoms with van der Waals surface area (Å²) >= 11 is 4.19. The number of ether oxygens (including phenoxy) is 6. The number of aliphatic hydroxyl groups excluding tert-OH is 10. The maximum absolute atomic E-state index is 11.1. The van der Waals surface area contributed by atoms with Gasteiger partial charge in [0.15, 0.2) is 18.9 Å². The van der Waals surface area contributed by atoms with Crippen LogP contribution in [0.3, 0.4) is 0 Å². The molecule has 254 valence electrons. The smallest absolute Gasteiger partial charge is 0.187 e. The molecule has 3 fully saturated rings. The lowest BCUT2D eigenvalue weighted by Gasteiger charge is -2.46. The highest BCUT2D eigenvalue weighted by molar-refractivity contribution is 7.80. The summed E-state index contributed by atoms with van der Waals surface area (Å²) in [5.74, 6) is 0.833. The highest BCUT2D eigenvalue weighted by atomic mass is 32.1. The normalized spacial score (nSPS) is 44.0. The third kappa shape index (κ3) is 9.61. The van der Waals surface area contributed by atoms with Gasteiger partial charge in [-0.15, -0.1) is 0 Å². The average molecular weight is 649 g/mol. The van der Waals surface area contributed by atoms with E-state index in [9.17, 15) is 51.1 Å². The number of hydrogen-bond acceptors (Lipinski definition) is 17. The molecule has 0 spiro atoms. The molecule has 3 heterocycles. The Hall–Kier alpha value is -0.290. The molecule has 0 saturated carbocycles. The zero-order chi connectivity index (χ0) is 31.7. The molecule has 0 aliphatic carbocycles. The molecule has 3 rings (SSSR count). The topological polar surface area (TPSA) is 258 Å². The van der Waals surface area contributed by atoms with Crippen molar-refractivity contribution in [3.05, 3.63) is 0 Å². The summed E-state index contributed by atoms with van der Waals surface area (Å²) in [4.78, 5) is 0. The van der Waals surface area contributed by atoms with Crippen LogP contribution in [0.5, 0.6) is 0 Å². The number of hydrogen-bond donors (Lipinski definition) is 11. The zero-order valence-electron chi connectivity index (χ0n) is 23.8. The van der Waals surface area contributed by atoms with E-state index in [0.717, 1.165) is 37.9 Å². The molecule has 0 radical (unpaired) electrons. The summed E-state index contributed by atoms with van der Waals surface area (Å²) in [7, 11) is 0. The highest BCUT2D eigenvalue weighted by Crippen LogP contribution is 2.31. The summed E-state index contributed by atoms with van der Waals surface area (Å²) in [6, 6.07) is 0. The van der Waals surface area contributed by atoms with Gasteiger partial charge in [0, 0.05) is 6.61 Å². The van der Waals surface area contributed by atoms with Crippen LogP contribution in [0.4, 0.5) is 0 Å². The van der Waals surface area contributed by atoms with Crippen molar-refractivity contribution in [2.75, 3.05) is 32.2 Å². The molecule has 0 aromatic carbocycles. The quantitative estimate of drug-likeness (QED) is 0.0559. The van der Waals surface area contributed by atoms with E-state index in [1.807, 2.05) is 0 Å². The van der Waals surface area contributed by atoms with Crippen molar-refractivity contribution in [1.29, 1.82) is 0 Å². The van der Waals surface area contributed by atoms with E-state index in [0.29, 0.717) is 6.42 Å². The van der Waals surface area contributed by atoms with Crippen LogP contribution >= 0.6 is 12.6 Å². The molecule has 16 nitrogen and oxygen atoms in total. The lowest BCUT2D eigenvalue weighted by molar-refractivity contribution is -0.366. The van der Waals surface area contributed by atoms with Gasteiger partial charge in [-0.05, 0) is 18.6 Å². The minimum absolute atomic E-state index is 0.178. The largest absolute Gasteiger partial charge is 0.394 e. The zero-order valence-corrected chi connectivity index (χ0v) is 24.7. The average Bonchev–Trinajstić information content (AvgIpc) is 3.00. The van der Waals surface area contributed by atoms with Crippen LogP contribution in [0.15, 0.2) is 0 Å². The van der Waals surface area contributed by atoms with Gasteiger partial charge in [0.05, 0.1) is 19.8 Å². The Bertz CT molecular complexity index is 781. The predicted octanol–water partition coefficient (Wildman–Crippen LogP) is -4.28. The summed E-state index contributed by atoms with van der Waals surface area (Å²) in [5.41, 5.74) is 0. The Kier molecular flexibility index (Phi) is 15.7. The summed E-state index contributed by atoms with van der Waals surface area (Å²) in [6.07, 6.45) is -18.0. The van der Waals surface area contributed by atoms with Crippen LogP contribution in [0, 0.1) is 0 Å². The van der Waals surface area contributed by atoms with E-state index in [1.54, 1.807) is 0 Å². The molecular formula is C26H48O16S. The van der Waals surface area contributed by atoms with Crippen LogP contribution in [0.1, 0.15) is 38.5 Å². The lowest BCUT2D eigenvalue weighted by Crippen LogP contribution is -2.65. The van der Waals surface area contributed by atoms with E-state index in [1.165, 1.54) is 0 Å². The molecule has 0 aromatic rings. The third-order valence-corrected chi connectivity index (χ3v) is 8.21. The number of unbranched alkanes of at least 4 members (excludes halogenated alkanes) is 5. The van der Waals surface area contributed by atoms with E-state index < -0.39 is 112 Å². The fourth-order valence-corrected chi connectivity index (χ4v) is 5.41. The molecule has 3 aliphatic heterocycles.